The van der Waals surface area contributed by atoms with Crippen molar-refractivity contribution in [1.29, 1.82) is 0 Å². The molecule has 0 spiro atoms. The average Bonchev–Trinajstić information content (AvgIpc) is 3.63. The number of methoxy groups -OCH3 is 2. The molecule has 0 radical (unpaired) electrons. The van der Waals surface area contributed by atoms with Crippen molar-refractivity contribution in [2.45, 2.75) is 65.1 Å². The Balaban J connectivity index is 1.49. The second-order valence-corrected chi connectivity index (χ2v) is 12.0. The van der Waals surface area contributed by atoms with E-state index in [2.05, 4.69) is 34.6 Å². The Morgan fingerprint density at radius 3 is 2.43 bits per heavy atom. The van der Waals surface area contributed by atoms with Gasteiger partial charge in [0.05, 0.1) is 26.8 Å². The lowest BCUT2D eigenvalue weighted by molar-refractivity contribution is -0.129. The van der Waals surface area contributed by atoms with Gasteiger partial charge in [-0.25, -0.2) is 9.67 Å². The van der Waals surface area contributed by atoms with E-state index in [1.165, 1.54) is 14.2 Å². The molecule has 1 aliphatic rings. The Bertz CT molecular complexity index is 1670. The lowest BCUT2D eigenvalue weighted by Gasteiger charge is -2.27. The van der Waals surface area contributed by atoms with Crippen LogP contribution < -0.4 is 20.1 Å². The summed E-state index contributed by atoms with van der Waals surface area (Å²) in [5.74, 6) is 1.38. The zero-order chi connectivity index (χ0) is 32.8. The minimum Gasteiger partial charge on any atom is -0.496 e. The van der Waals surface area contributed by atoms with E-state index in [-0.39, 0.29) is 30.1 Å². The highest BCUT2D eigenvalue weighted by Crippen LogP contribution is 2.30. The summed E-state index contributed by atoms with van der Waals surface area (Å²) in [5, 5.41) is 11.8. The topological polar surface area (TPSA) is 143 Å². The van der Waals surface area contributed by atoms with Crippen LogP contribution in [0.3, 0.4) is 0 Å². The van der Waals surface area contributed by atoms with Crippen LogP contribution in [0, 0.1) is 12.8 Å². The highest BCUT2D eigenvalue weighted by Gasteiger charge is 2.30. The Morgan fingerprint density at radius 2 is 1.72 bits per heavy atom. The fourth-order valence-corrected chi connectivity index (χ4v) is 6.04. The van der Waals surface area contributed by atoms with Gasteiger partial charge in [0.2, 0.25) is 11.8 Å². The molecule has 2 aromatic heterocycles. The standard InChI is InChI=1S/C34H43N7O5/c1-21(2)18-26-32-36-22(3)39-41(32)17-16-40(34(44)31-28(45-4)12-8-13-29(31)46-5)15-9-14-30(42)37-27(33(43)38-26)19-23-20-35-25-11-7-6-10-24(23)25/h6-8,10-13,20-21,26-27,35H,9,14-19H2,1-5H3,(H,37,42)(H,38,43)/t26-,27+/m0/s1. The number of ether oxygens (including phenoxy) is 2. The smallest absolute Gasteiger partial charge is 0.261 e. The maximum absolute atomic E-state index is 14.0. The molecular formula is C34H43N7O5. The summed E-state index contributed by atoms with van der Waals surface area (Å²) in [6.45, 7) is 6.91. The van der Waals surface area contributed by atoms with Gasteiger partial charge in [-0.15, -0.1) is 0 Å². The van der Waals surface area contributed by atoms with Gasteiger partial charge < -0.3 is 30.0 Å². The molecule has 2 aromatic carbocycles. The number of aromatic nitrogens is 4. The molecule has 5 rings (SSSR count). The highest BCUT2D eigenvalue weighted by atomic mass is 16.5. The molecule has 3 heterocycles. The molecule has 2 atom stereocenters. The van der Waals surface area contributed by atoms with Gasteiger partial charge in [0, 0.05) is 43.0 Å². The highest BCUT2D eigenvalue weighted by molar-refractivity contribution is 5.99. The van der Waals surface area contributed by atoms with Gasteiger partial charge in [-0.3, -0.25) is 14.4 Å². The minimum absolute atomic E-state index is 0.133. The van der Waals surface area contributed by atoms with Crippen LogP contribution in [0.5, 0.6) is 11.5 Å². The summed E-state index contributed by atoms with van der Waals surface area (Å²) >= 11 is 0. The number of benzene rings is 2. The molecule has 4 aromatic rings. The summed E-state index contributed by atoms with van der Waals surface area (Å²) in [7, 11) is 3.03. The quantitative estimate of drug-likeness (QED) is 0.281. The number of hydrogen-bond donors (Lipinski definition) is 3. The van der Waals surface area contributed by atoms with Crippen LogP contribution in [0.25, 0.3) is 10.9 Å². The van der Waals surface area contributed by atoms with Crippen LogP contribution in [0.4, 0.5) is 0 Å². The van der Waals surface area contributed by atoms with Crippen LogP contribution in [0.2, 0.25) is 0 Å². The van der Waals surface area contributed by atoms with Gasteiger partial charge in [-0.05, 0) is 49.4 Å². The second kappa shape index (κ2) is 14.5. The third-order valence-electron chi connectivity index (χ3n) is 8.23. The zero-order valence-electron chi connectivity index (χ0n) is 27.1. The van der Waals surface area contributed by atoms with Gasteiger partial charge in [0.1, 0.15) is 34.8 Å². The van der Waals surface area contributed by atoms with Gasteiger partial charge >= 0.3 is 0 Å². The molecule has 0 fully saturated rings. The van der Waals surface area contributed by atoms with E-state index < -0.39 is 12.1 Å². The predicted molar refractivity (Wildman–Crippen MR) is 174 cm³/mol. The van der Waals surface area contributed by atoms with Gasteiger partial charge in [-0.2, -0.15) is 5.10 Å². The lowest BCUT2D eigenvalue weighted by Crippen LogP contribution is -2.49. The van der Waals surface area contributed by atoms with Crippen molar-refractivity contribution in [3.05, 3.63) is 71.4 Å². The summed E-state index contributed by atoms with van der Waals surface area (Å²) < 4.78 is 12.8. The van der Waals surface area contributed by atoms with E-state index in [0.717, 1.165) is 16.5 Å². The number of carbonyl (C=O) groups is 3. The maximum atomic E-state index is 14.0. The number of aromatic amines is 1. The third-order valence-corrected chi connectivity index (χ3v) is 8.23. The van der Waals surface area contributed by atoms with E-state index in [1.54, 1.807) is 27.8 Å². The van der Waals surface area contributed by atoms with Crippen molar-refractivity contribution in [2.24, 2.45) is 5.92 Å². The zero-order valence-corrected chi connectivity index (χ0v) is 27.1. The molecule has 12 nitrogen and oxygen atoms in total. The molecule has 0 saturated heterocycles. The minimum atomic E-state index is -0.822. The second-order valence-electron chi connectivity index (χ2n) is 12.0. The number of amides is 3. The van der Waals surface area contributed by atoms with Crippen molar-refractivity contribution in [2.75, 3.05) is 27.3 Å². The van der Waals surface area contributed by atoms with Crippen molar-refractivity contribution >= 4 is 28.6 Å². The molecule has 12 heteroatoms. The normalized spacial score (nSPS) is 18.1. The van der Waals surface area contributed by atoms with Crippen LogP contribution in [-0.2, 0) is 22.6 Å². The number of carbonyl (C=O) groups excluding carboxylic acids is 3. The van der Waals surface area contributed by atoms with Gasteiger partial charge in [0.25, 0.3) is 5.91 Å². The van der Waals surface area contributed by atoms with E-state index in [0.29, 0.717) is 67.6 Å². The molecule has 0 aliphatic carbocycles. The van der Waals surface area contributed by atoms with Crippen molar-refractivity contribution in [3.8, 4) is 11.5 Å². The summed E-state index contributed by atoms with van der Waals surface area (Å²) in [4.78, 5) is 51.0. The Kier molecular flexibility index (Phi) is 10.2. The first-order valence-electron chi connectivity index (χ1n) is 15.7. The van der Waals surface area contributed by atoms with Crippen LogP contribution >= 0.6 is 0 Å². The maximum Gasteiger partial charge on any atom is 0.261 e. The molecule has 0 bridgehead atoms. The van der Waals surface area contributed by atoms with E-state index in [1.807, 2.05) is 37.4 Å². The number of nitrogens with one attached hydrogen (secondary N) is 3. The lowest BCUT2D eigenvalue weighted by atomic mass is 10.0. The van der Waals surface area contributed by atoms with Crippen LogP contribution in [0.1, 0.15) is 66.7 Å². The van der Waals surface area contributed by atoms with Gasteiger partial charge in [-0.1, -0.05) is 38.1 Å². The van der Waals surface area contributed by atoms with Crippen LogP contribution in [-0.4, -0.2) is 75.7 Å². The number of rotatable bonds is 7. The molecular weight excluding hydrogens is 586 g/mol. The molecule has 3 amide bonds. The molecule has 3 N–H and O–H groups in total. The first-order chi connectivity index (χ1) is 22.2. The van der Waals surface area contributed by atoms with Crippen molar-refractivity contribution < 1.29 is 23.9 Å². The third kappa shape index (κ3) is 7.32. The molecule has 1 aliphatic heterocycles. The molecule has 0 unspecified atom stereocenters. The molecule has 46 heavy (non-hydrogen) atoms. The molecule has 244 valence electrons. The fourth-order valence-electron chi connectivity index (χ4n) is 6.04. The Morgan fingerprint density at radius 1 is 0.978 bits per heavy atom. The largest absolute Gasteiger partial charge is 0.496 e. The van der Waals surface area contributed by atoms with E-state index in [9.17, 15) is 14.4 Å². The predicted octanol–water partition coefficient (Wildman–Crippen LogP) is 3.95. The van der Waals surface area contributed by atoms with Gasteiger partial charge in [0.15, 0.2) is 0 Å². The summed E-state index contributed by atoms with van der Waals surface area (Å²) in [6, 6.07) is 11.8. The van der Waals surface area contributed by atoms with Crippen molar-refractivity contribution in [3.63, 3.8) is 0 Å². The first kappa shape index (κ1) is 32.5. The SMILES string of the molecule is COc1cccc(OC)c1C(=O)N1CCCC(=O)N[C@H](Cc2c[nH]c3ccccc23)C(=O)N[C@@H](CC(C)C)c2nc(C)nn2CC1. The Hall–Kier alpha value is -4.87. The summed E-state index contributed by atoms with van der Waals surface area (Å²) in [5.41, 5.74) is 2.21. The van der Waals surface area contributed by atoms with Crippen LogP contribution in [0.15, 0.2) is 48.7 Å². The van der Waals surface area contributed by atoms with E-state index >= 15 is 0 Å². The van der Waals surface area contributed by atoms with Crippen molar-refractivity contribution in [1.82, 2.24) is 35.3 Å². The summed E-state index contributed by atoms with van der Waals surface area (Å²) in [6.07, 6.45) is 3.32. The number of H-pyrrole nitrogens is 1. The average molecular weight is 630 g/mol. The number of aryl methyl sites for hydroxylation is 1. The monoisotopic (exact) mass is 629 g/mol. The number of nitrogens with zero attached hydrogens (tertiary/aromatic N) is 4. The number of hydrogen-bond acceptors (Lipinski definition) is 7. The fraction of sp³-hybridized carbons (Fsp3) is 0.441. The Labute approximate surface area is 268 Å². The number of fused-ring (bicyclic) bond motifs is 2. The first-order valence-corrected chi connectivity index (χ1v) is 15.7. The molecule has 0 saturated carbocycles. The number of para-hydroxylation sites is 1. The van der Waals surface area contributed by atoms with E-state index in [4.69, 9.17) is 14.5 Å².